The summed E-state index contributed by atoms with van der Waals surface area (Å²) in [5.41, 5.74) is 2.90. The van der Waals surface area contributed by atoms with E-state index in [1.807, 2.05) is 51.1 Å². The molecule has 3 aromatic rings. The highest BCUT2D eigenvalue weighted by molar-refractivity contribution is 6.06. The maximum absolute atomic E-state index is 14.0. The topological polar surface area (TPSA) is 51.2 Å². The summed E-state index contributed by atoms with van der Waals surface area (Å²) >= 11 is 0. The van der Waals surface area contributed by atoms with Crippen molar-refractivity contribution in [2.24, 2.45) is 0 Å². The first kappa shape index (κ1) is 18.8. The van der Waals surface area contributed by atoms with E-state index in [-0.39, 0.29) is 23.6 Å². The molecule has 3 rings (SSSR count). The number of aromatic nitrogens is 1. The molecule has 0 fully saturated rings. The van der Waals surface area contributed by atoms with Crippen LogP contribution in [0.5, 0.6) is 5.75 Å². The first-order valence-corrected chi connectivity index (χ1v) is 8.94. The fourth-order valence-electron chi connectivity index (χ4n) is 2.99. The molecular weight excluding hydrogens is 343 g/mol. The quantitative estimate of drug-likeness (QED) is 0.691. The van der Waals surface area contributed by atoms with Crippen molar-refractivity contribution in [3.63, 3.8) is 0 Å². The molecule has 2 aromatic carbocycles. The molecule has 1 aromatic heterocycles. The van der Waals surface area contributed by atoms with Crippen LogP contribution in [0, 0.1) is 5.82 Å². The van der Waals surface area contributed by atoms with Crippen molar-refractivity contribution >= 4 is 16.8 Å². The molecular formula is C22H23FN2O2. The lowest BCUT2D eigenvalue weighted by Crippen LogP contribution is -2.27. The van der Waals surface area contributed by atoms with Crippen molar-refractivity contribution in [3.8, 4) is 5.75 Å². The Hall–Kier alpha value is -2.95. The van der Waals surface area contributed by atoms with Crippen molar-refractivity contribution in [2.45, 2.75) is 32.7 Å². The highest BCUT2D eigenvalue weighted by atomic mass is 19.1. The number of para-hydroxylation sites is 1. The molecule has 1 heterocycles. The predicted octanol–water partition coefficient (Wildman–Crippen LogP) is 5.00. The van der Waals surface area contributed by atoms with Gasteiger partial charge in [-0.2, -0.15) is 0 Å². The molecule has 0 bridgehead atoms. The van der Waals surface area contributed by atoms with Crippen LogP contribution in [0.3, 0.4) is 0 Å². The number of halogens is 1. The maximum atomic E-state index is 14.0. The fraction of sp³-hybridized carbons (Fsp3) is 0.273. The van der Waals surface area contributed by atoms with E-state index in [2.05, 4.69) is 10.3 Å². The Morgan fingerprint density at radius 1 is 1.11 bits per heavy atom. The number of hydrogen-bond acceptors (Lipinski definition) is 3. The number of nitrogens with zero attached hydrogens (tertiary/aromatic N) is 1. The Bertz CT molecular complexity index is 985. The second-order valence-electron chi connectivity index (χ2n) is 6.86. The van der Waals surface area contributed by atoms with Crippen LogP contribution >= 0.6 is 0 Å². The van der Waals surface area contributed by atoms with Gasteiger partial charge in [0, 0.05) is 11.1 Å². The van der Waals surface area contributed by atoms with Gasteiger partial charge in [-0.05, 0) is 42.7 Å². The first-order chi connectivity index (χ1) is 12.9. The summed E-state index contributed by atoms with van der Waals surface area (Å²) in [6, 6.07) is 13.8. The minimum Gasteiger partial charge on any atom is -0.494 e. The number of amides is 1. The number of carbonyl (C=O) groups excluding carboxylic acids is 1. The minimum absolute atomic E-state index is 0.180. The number of methoxy groups -OCH3 is 1. The van der Waals surface area contributed by atoms with Crippen LogP contribution < -0.4 is 10.1 Å². The zero-order chi connectivity index (χ0) is 19.6. The van der Waals surface area contributed by atoms with Crippen molar-refractivity contribution in [2.75, 3.05) is 7.11 Å². The number of rotatable bonds is 5. The van der Waals surface area contributed by atoms with Gasteiger partial charge in [-0.3, -0.25) is 9.78 Å². The van der Waals surface area contributed by atoms with Crippen LogP contribution in [-0.2, 0) is 0 Å². The lowest BCUT2D eigenvalue weighted by molar-refractivity contribution is 0.0941. The van der Waals surface area contributed by atoms with E-state index in [1.54, 1.807) is 12.1 Å². The number of carbonyl (C=O) groups is 1. The highest BCUT2D eigenvalue weighted by Gasteiger charge is 2.17. The van der Waals surface area contributed by atoms with Crippen molar-refractivity contribution in [1.82, 2.24) is 10.3 Å². The number of nitrogens with one attached hydrogen (secondary N) is 1. The van der Waals surface area contributed by atoms with Gasteiger partial charge in [0.2, 0.25) is 0 Å². The van der Waals surface area contributed by atoms with Gasteiger partial charge in [-0.1, -0.05) is 38.1 Å². The van der Waals surface area contributed by atoms with Crippen LogP contribution in [0.25, 0.3) is 10.9 Å². The van der Waals surface area contributed by atoms with Crippen LogP contribution in [0.4, 0.5) is 4.39 Å². The summed E-state index contributed by atoms with van der Waals surface area (Å²) < 4.78 is 18.9. The molecule has 5 heteroatoms. The third-order valence-corrected chi connectivity index (χ3v) is 4.60. The Morgan fingerprint density at radius 2 is 1.85 bits per heavy atom. The number of pyridine rings is 1. The van der Waals surface area contributed by atoms with E-state index in [9.17, 15) is 9.18 Å². The number of benzene rings is 2. The summed E-state index contributed by atoms with van der Waals surface area (Å²) in [7, 11) is 1.42. The van der Waals surface area contributed by atoms with E-state index in [1.165, 1.54) is 13.2 Å². The van der Waals surface area contributed by atoms with Crippen LogP contribution in [0.2, 0.25) is 0 Å². The van der Waals surface area contributed by atoms with E-state index in [4.69, 9.17) is 4.74 Å². The SMILES string of the molecule is COc1ccc(C(C)NC(=O)c2cc(C(C)C)nc3ccccc23)cc1F. The molecule has 0 aliphatic rings. The zero-order valence-corrected chi connectivity index (χ0v) is 15.9. The maximum Gasteiger partial charge on any atom is 0.252 e. The molecule has 0 saturated carbocycles. The van der Waals surface area contributed by atoms with Crippen molar-refractivity contribution in [3.05, 3.63) is 71.2 Å². The van der Waals surface area contributed by atoms with Gasteiger partial charge in [-0.25, -0.2) is 4.39 Å². The molecule has 0 aliphatic carbocycles. The second-order valence-corrected chi connectivity index (χ2v) is 6.86. The Balaban J connectivity index is 1.92. The molecule has 140 valence electrons. The van der Waals surface area contributed by atoms with Crippen molar-refractivity contribution in [1.29, 1.82) is 0 Å². The largest absolute Gasteiger partial charge is 0.494 e. The van der Waals surface area contributed by atoms with Gasteiger partial charge in [0.05, 0.1) is 24.2 Å². The summed E-state index contributed by atoms with van der Waals surface area (Å²) in [6.45, 7) is 5.91. The molecule has 0 spiro atoms. The summed E-state index contributed by atoms with van der Waals surface area (Å²) in [4.78, 5) is 17.6. The predicted molar refractivity (Wildman–Crippen MR) is 105 cm³/mol. The van der Waals surface area contributed by atoms with Crippen LogP contribution in [-0.4, -0.2) is 18.0 Å². The monoisotopic (exact) mass is 366 g/mol. The summed E-state index contributed by atoms with van der Waals surface area (Å²) in [5, 5.41) is 3.76. The van der Waals surface area contributed by atoms with Crippen LogP contribution in [0.1, 0.15) is 54.3 Å². The second kappa shape index (κ2) is 7.74. The number of fused-ring (bicyclic) bond motifs is 1. The van der Waals surface area contributed by atoms with E-state index >= 15 is 0 Å². The lowest BCUT2D eigenvalue weighted by Gasteiger charge is -2.17. The van der Waals surface area contributed by atoms with Crippen molar-refractivity contribution < 1.29 is 13.9 Å². The third-order valence-electron chi connectivity index (χ3n) is 4.60. The standard InChI is InChI=1S/C22H23FN2O2/c1-13(2)20-12-17(16-7-5-6-8-19(16)25-20)22(26)24-14(3)15-9-10-21(27-4)18(23)11-15/h5-14H,1-4H3,(H,24,26). The van der Waals surface area contributed by atoms with E-state index in [0.29, 0.717) is 11.1 Å². The zero-order valence-electron chi connectivity index (χ0n) is 15.9. The van der Waals surface area contributed by atoms with Gasteiger partial charge in [0.1, 0.15) is 0 Å². The fourth-order valence-corrected chi connectivity index (χ4v) is 2.99. The summed E-state index contributed by atoms with van der Waals surface area (Å²) in [6.07, 6.45) is 0. The number of ether oxygens (including phenoxy) is 1. The van der Waals surface area contributed by atoms with Gasteiger partial charge in [-0.15, -0.1) is 0 Å². The number of hydrogen-bond donors (Lipinski definition) is 1. The molecule has 0 aliphatic heterocycles. The molecule has 4 nitrogen and oxygen atoms in total. The normalized spacial score (nSPS) is 12.2. The van der Waals surface area contributed by atoms with Gasteiger partial charge in [0.25, 0.3) is 5.91 Å². The average molecular weight is 366 g/mol. The Morgan fingerprint density at radius 3 is 2.52 bits per heavy atom. The van der Waals surface area contributed by atoms with Crippen LogP contribution in [0.15, 0.2) is 48.5 Å². The molecule has 1 unspecified atom stereocenters. The van der Waals surface area contributed by atoms with Gasteiger partial charge >= 0.3 is 0 Å². The average Bonchev–Trinajstić information content (AvgIpc) is 2.66. The molecule has 0 radical (unpaired) electrons. The molecule has 1 atom stereocenters. The Kier molecular flexibility index (Phi) is 5.40. The Labute approximate surface area is 158 Å². The minimum atomic E-state index is -0.451. The molecule has 1 N–H and O–H groups in total. The smallest absolute Gasteiger partial charge is 0.252 e. The highest BCUT2D eigenvalue weighted by Crippen LogP contribution is 2.25. The molecule has 0 saturated heterocycles. The van der Waals surface area contributed by atoms with Gasteiger partial charge < -0.3 is 10.1 Å². The van der Waals surface area contributed by atoms with Gasteiger partial charge in [0.15, 0.2) is 11.6 Å². The molecule has 1 amide bonds. The van der Waals surface area contributed by atoms with E-state index < -0.39 is 5.82 Å². The molecule has 27 heavy (non-hydrogen) atoms. The lowest BCUT2D eigenvalue weighted by atomic mass is 10.0. The third kappa shape index (κ3) is 3.92. The first-order valence-electron chi connectivity index (χ1n) is 8.94. The summed E-state index contributed by atoms with van der Waals surface area (Å²) in [5.74, 6) is -0.278. The van der Waals surface area contributed by atoms with E-state index in [0.717, 1.165) is 16.6 Å².